The number of hydrogen-bond acceptors (Lipinski definition) is 6. The van der Waals surface area contributed by atoms with Gasteiger partial charge in [-0.3, -0.25) is 19.3 Å². The van der Waals surface area contributed by atoms with Crippen molar-refractivity contribution >= 4 is 23.1 Å². The number of aromatic nitrogens is 2. The number of pyridine rings is 1. The molecule has 0 bridgehead atoms. The van der Waals surface area contributed by atoms with Gasteiger partial charge in [-0.25, -0.2) is 4.98 Å². The van der Waals surface area contributed by atoms with E-state index < -0.39 is 11.6 Å². The number of imidazole rings is 1. The zero-order valence-electron chi connectivity index (χ0n) is 23.1. The van der Waals surface area contributed by atoms with Gasteiger partial charge >= 0.3 is 0 Å². The van der Waals surface area contributed by atoms with Crippen molar-refractivity contribution in [2.45, 2.75) is 52.0 Å². The van der Waals surface area contributed by atoms with Crippen LogP contribution in [0.25, 0.3) is 17.0 Å². The van der Waals surface area contributed by atoms with E-state index in [0.717, 1.165) is 41.6 Å². The van der Waals surface area contributed by atoms with Gasteiger partial charge in [0.15, 0.2) is 0 Å². The van der Waals surface area contributed by atoms with Crippen molar-refractivity contribution in [3.05, 3.63) is 82.0 Å². The number of hydrogen-bond donors (Lipinski definition) is 0. The first kappa shape index (κ1) is 25.0. The fourth-order valence-corrected chi connectivity index (χ4v) is 6.77. The van der Waals surface area contributed by atoms with E-state index >= 15 is 0 Å². The lowest BCUT2D eigenvalue weighted by atomic mass is 9.69. The number of benzene rings is 1. The largest absolute Gasteiger partial charge is 0.459 e. The van der Waals surface area contributed by atoms with Gasteiger partial charge in [-0.1, -0.05) is 26.0 Å². The number of furan rings is 1. The maximum Gasteiger partial charge on any atom is 0.255 e. The molecule has 3 aromatic heterocycles. The van der Waals surface area contributed by atoms with Gasteiger partial charge in [-0.05, 0) is 54.9 Å². The fourth-order valence-electron chi connectivity index (χ4n) is 6.77. The van der Waals surface area contributed by atoms with Crippen LogP contribution in [0.3, 0.4) is 0 Å². The van der Waals surface area contributed by atoms with Crippen molar-refractivity contribution in [2.75, 3.05) is 26.2 Å². The van der Waals surface area contributed by atoms with Crippen LogP contribution in [0.15, 0.2) is 47.3 Å². The highest BCUT2D eigenvalue weighted by molar-refractivity contribution is 6.53. The Labute approximate surface area is 232 Å². The molecule has 4 heterocycles. The summed E-state index contributed by atoms with van der Waals surface area (Å²) in [5.74, 6) is 0.377. The molecule has 0 spiro atoms. The molecule has 0 saturated carbocycles. The van der Waals surface area contributed by atoms with E-state index in [1.54, 1.807) is 6.20 Å². The topological polar surface area (TPSA) is 88.1 Å². The minimum atomic E-state index is -0.461. The normalized spacial score (nSPS) is 18.5. The lowest BCUT2D eigenvalue weighted by Gasteiger charge is -2.34. The van der Waals surface area contributed by atoms with E-state index in [4.69, 9.17) is 4.42 Å². The van der Waals surface area contributed by atoms with Crippen molar-refractivity contribution < 1.29 is 18.8 Å². The highest BCUT2D eigenvalue weighted by atomic mass is 16.3. The Bertz CT molecular complexity index is 1720. The number of Topliss-reactive ketones (excluding diaryl/α,β-unsaturated/α-hetero) is 2. The number of piperazine rings is 1. The van der Waals surface area contributed by atoms with Gasteiger partial charge in [0.25, 0.3) is 5.91 Å². The van der Waals surface area contributed by atoms with Gasteiger partial charge < -0.3 is 13.7 Å². The van der Waals surface area contributed by atoms with E-state index in [1.165, 1.54) is 5.56 Å². The second-order valence-corrected chi connectivity index (χ2v) is 11.9. The maximum absolute atomic E-state index is 13.4. The molecule has 1 aromatic carbocycles. The third-order valence-electron chi connectivity index (χ3n) is 9.08. The van der Waals surface area contributed by atoms with Crippen molar-refractivity contribution in [2.24, 2.45) is 0 Å². The second-order valence-electron chi connectivity index (χ2n) is 11.9. The molecule has 0 unspecified atom stereocenters. The summed E-state index contributed by atoms with van der Waals surface area (Å²) in [6.07, 6.45) is 8.24. The predicted octanol–water partition coefficient (Wildman–Crippen LogP) is 4.85. The number of amides is 1. The van der Waals surface area contributed by atoms with Gasteiger partial charge in [0.2, 0.25) is 11.6 Å². The molecule has 1 amide bonds. The Kier molecular flexibility index (Phi) is 5.61. The van der Waals surface area contributed by atoms with Gasteiger partial charge in [0.05, 0.1) is 17.7 Å². The van der Waals surface area contributed by atoms with E-state index in [-0.39, 0.29) is 11.3 Å². The summed E-state index contributed by atoms with van der Waals surface area (Å²) in [6, 6.07) is 7.77. The van der Waals surface area contributed by atoms with Crippen LogP contribution in [0.4, 0.5) is 0 Å². The highest BCUT2D eigenvalue weighted by Crippen LogP contribution is 2.45. The van der Waals surface area contributed by atoms with Crippen molar-refractivity contribution in [1.29, 1.82) is 0 Å². The summed E-state index contributed by atoms with van der Waals surface area (Å²) in [6.45, 7) is 9.39. The number of ketones is 2. The quantitative estimate of drug-likeness (QED) is 0.348. The van der Waals surface area contributed by atoms with E-state index in [9.17, 15) is 14.4 Å². The second kappa shape index (κ2) is 8.99. The standard InChI is InChI=1S/C32H32N4O4/c1-19-24(18-34-13-15-35(16-14-34)31(39)20-6-9-25-33-11-12-36(25)17-20)40-30-22-7-8-23-21(5-4-10-32(23,2)3)27(22)29(38)28(37)26(19)30/h6-9,11-12,17H,4-5,10,13-16,18H2,1-3H3. The summed E-state index contributed by atoms with van der Waals surface area (Å²) >= 11 is 0. The molecule has 4 aromatic rings. The zero-order chi connectivity index (χ0) is 27.8. The smallest absolute Gasteiger partial charge is 0.255 e. The van der Waals surface area contributed by atoms with Crippen LogP contribution >= 0.6 is 0 Å². The van der Waals surface area contributed by atoms with Crippen molar-refractivity contribution in [3.8, 4) is 11.3 Å². The minimum Gasteiger partial charge on any atom is -0.459 e. The Hall–Kier alpha value is -4.04. The zero-order valence-corrected chi connectivity index (χ0v) is 23.1. The Balaban J connectivity index is 1.12. The Morgan fingerprint density at radius 3 is 2.60 bits per heavy atom. The maximum atomic E-state index is 13.4. The first-order chi connectivity index (χ1) is 19.2. The minimum absolute atomic E-state index is 0.00659. The molecular weight excluding hydrogens is 504 g/mol. The average Bonchev–Trinajstić information content (AvgIpc) is 3.55. The Morgan fingerprint density at radius 1 is 1.02 bits per heavy atom. The molecule has 7 rings (SSSR count). The number of rotatable bonds is 3. The number of nitrogens with zero attached hydrogens (tertiary/aromatic N) is 4. The summed E-state index contributed by atoms with van der Waals surface area (Å²) < 4.78 is 8.25. The molecule has 0 radical (unpaired) electrons. The van der Waals surface area contributed by atoms with Crippen LogP contribution < -0.4 is 0 Å². The number of carbonyl (C=O) groups excluding carboxylic acids is 3. The van der Waals surface area contributed by atoms with Crippen LogP contribution in [-0.4, -0.2) is 62.8 Å². The SMILES string of the molecule is Cc1c(CN2CCN(C(=O)c3ccc4nccn4c3)CC2)oc2c1C(=O)C(=O)c1c-2ccc2c1CCCC2(C)C. The van der Waals surface area contributed by atoms with E-state index in [0.29, 0.717) is 60.9 Å². The molecule has 1 aliphatic heterocycles. The van der Waals surface area contributed by atoms with Gasteiger partial charge in [-0.2, -0.15) is 0 Å². The molecule has 8 nitrogen and oxygen atoms in total. The lowest BCUT2D eigenvalue weighted by molar-refractivity contribution is 0.0619. The first-order valence-corrected chi connectivity index (χ1v) is 14.1. The van der Waals surface area contributed by atoms with Crippen LogP contribution in [0.5, 0.6) is 0 Å². The molecule has 204 valence electrons. The van der Waals surface area contributed by atoms with Gasteiger partial charge in [0.1, 0.15) is 17.2 Å². The third kappa shape index (κ3) is 3.77. The average molecular weight is 537 g/mol. The predicted molar refractivity (Wildman–Crippen MR) is 150 cm³/mol. The van der Waals surface area contributed by atoms with Crippen LogP contribution in [0.2, 0.25) is 0 Å². The number of carbonyl (C=O) groups is 3. The van der Waals surface area contributed by atoms with Gasteiger partial charge in [-0.15, -0.1) is 0 Å². The molecular formula is C32H32N4O4. The molecule has 0 N–H and O–H groups in total. The summed E-state index contributed by atoms with van der Waals surface area (Å²) in [5, 5.41) is 0. The molecule has 1 saturated heterocycles. The Morgan fingerprint density at radius 2 is 1.80 bits per heavy atom. The summed E-state index contributed by atoms with van der Waals surface area (Å²) in [4.78, 5) is 48.3. The van der Waals surface area contributed by atoms with Gasteiger partial charge in [0, 0.05) is 61.5 Å². The first-order valence-electron chi connectivity index (χ1n) is 14.1. The van der Waals surface area contributed by atoms with E-state index in [2.05, 4.69) is 29.8 Å². The van der Waals surface area contributed by atoms with Crippen LogP contribution in [0, 0.1) is 6.92 Å². The monoisotopic (exact) mass is 536 g/mol. The summed E-state index contributed by atoms with van der Waals surface area (Å²) in [5.41, 5.74) is 6.05. The van der Waals surface area contributed by atoms with E-state index in [1.807, 2.05) is 46.8 Å². The lowest BCUT2D eigenvalue weighted by Crippen LogP contribution is -2.48. The summed E-state index contributed by atoms with van der Waals surface area (Å²) in [7, 11) is 0. The fraction of sp³-hybridized carbons (Fsp3) is 0.375. The molecule has 3 aliphatic rings. The molecule has 40 heavy (non-hydrogen) atoms. The van der Waals surface area contributed by atoms with Crippen LogP contribution in [0.1, 0.15) is 80.2 Å². The van der Waals surface area contributed by atoms with Crippen molar-refractivity contribution in [1.82, 2.24) is 19.2 Å². The van der Waals surface area contributed by atoms with Crippen LogP contribution in [-0.2, 0) is 18.4 Å². The number of fused-ring (bicyclic) bond motifs is 6. The third-order valence-corrected chi connectivity index (χ3v) is 9.08. The molecule has 8 heteroatoms. The highest BCUT2D eigenvalue weighted by Gasteiger charge is 2.41. The van der Waals surface area contributed by atoms with Crippen molar-refractivity contribution in [3.63, 3.8) is 0 Å². The molecule has 2 aliphatic carbocycles. The molecule has 1 fully saturated rings. The molecule has 0 atom stereocenters.